The Balaban J connectivity index is 2.17. The quantitative estimate of drug-likeness (QED) is 0.891. The van der Waals surface area contributed by atoms with Crippen LogP contribution in [0, 0.1) is 11.3 Å². The Morgan fingerprint density at radius 1 is 1.44 bits per heavy atom. The summed E-state index contributed by atoms with van der Waals surface area (Å²) in [7, 11) is 0. The van der Waals surface area contributed by atoms with E-state index in [1.165, 1.54) is 29.8 Å². The average molecular weight is 266 g/mol. The number of aryl methyl sites for hydroxylation is 1. The van der Waals surface area contributed by atoms with Crippen molar-refractivity contribution in [2.75, 3.05) is 0 Å². The molecule has 1 aliphatic rings. The molecule has 1 aliphatic carbocycles. The van der Waals surface area contributed by atoms with Crippen LogP contribution in [0.3, 0.4) is 0 Å². The number of thiazole rings is 1. The fourth-order valence-corrected chi connectivity index (χ4v) is 3.96. The van der Waals surface area contributed by atoms with Crippen molar-refractivity contribution in [2.24, 2.45) is 17.1 Å². The van der Waals surface area contributed by atoms with Gasteiger partial charge in [0, 0.05) is 4.88 Å². The molecule has 0 fully saturated rings. The van der Waals surface area contributed by atoms with Gasteiger partial charge in [-0.15, -0.1) is 11.3 Å². The Labute approximate surface area is 115 Å². The Kier molecular flexibility index (Phi) is 4.12. The van der Waals surface area contributed by atoms with Gasteiger partial charge in [-0.25, -0.2) is 4.98 Å². The highest BCUT2D eigenvalue weighted by Gasteiger charge is 2.32. The lowest BCUT2D eigenvalue weighted by Gasteiger charge is -2.35. The Morgan fingerprint density at radius 2 is 2.17 bits per heavy atom. The van der Waals surface area contributed by atoms with Crippen molar-refractivity contribution in [3.8, 4) is 0 Å². The van der Waals surface area contributed by atoms with E-state index in [1.807, 2.05) is 11.3 Å². The summed E-state index contributed by atoms with van der Waals surface area (Å²) >= 11 is 1.86. The van der Waals surface area contributed by atoms with Crippen LogP contribution < -0.4 is 5.73 Å². The molecule has 2 N–H and O–H groups in total. The summed E-state index contributed by atoms with van der Waals surface area (Å²) in [6.45, 7) is 9.25. The second kappa shape index (κ2) is 5.30. The predicted molar refractivity (Wildman–Crippen MR) is 78.9 cm³/mol. The summed E-state index contributed by atoms with van der Waals surface area (Å²) in [4.78, 5) is 6.26. The molecule has 18 heavy (non-hydrogen) atoms. The van der Waals surface area contributed by atoms with Gasteiger partial charge in [0.05, 0.1) is 11.7 Å². The van der Waals surface area contributed by atoms with Gasteiger partial charge in [0.15, 0.2) is 0 Å². The molecule has 1 aromatic heterocycles. The van der Waals surface area contributed by atoms with Crippen LogP contribution in [0.15, 0.2) is 0 Å². The first kappa shape index (κ1) is 14.0. The van der Waals surface area contributed by atoms with E-state index in [0.717, 1.165) is 23.8 Å². The molecule has 0 aromatic carbocycles. The van der Waals surface area contributed by atoms with Crippen molar-refractivity contribution < 1.29 is 0 Å². The zero-order chi connectivity index (χ0) is 13.3. The number of nitrogens with two attached hydrogens (primary N) is 1. The topological polar surface area (TPSA) is 38.9 Å². The van der Waals surface area contributed by atoms with Crippen molar-refractivity contribution in [2.45, 2.75) is 65.8 Å². The zero-order valence-electron chi connectivity index (χ0n) is 12.1. The first-order chi connectivity index (χ1) is 8.47. The first-order valence-electron chi connectivity index (χ1n) is 7.22. The molecule has 1 heterocycles. The van der Waals surface area contributed by atoms with Crippen LogP contribution in [0.2, 0.25) is 0 Å². The molecule has 0 spiro atoms. The summed E-state index contributed by atoms with van der Waals surface area (Å²) in [6, 6.07) is 0.137. The highest BCUT2D eigenvalue weighted by atomic mass is 32.1. The van der Waals surface area contributed by atoms with Crippen molar-refractivity contribution in [1.29, 1.82) is 0 Å². The van der Waals surface area contributed by atoms with Crippen LogP contribution >= 0.6 is 11.3 Å². The number of hydrogen-bond donors (Lipinski definition) is 1. The van der Waals surface area contributed by atoms with Gasteiger partial charge in [0.25, 0.3) is 0 Å². The van der Waals surface area contributed by atoms with E-state index in [1.54, 1.807) is 0 Å². The lowest BCUT2D eigenvalue weighted by atomic mass is 9.70. The van der Waals surface area contributed by atoms with Crippen molar-refractivity contribution in [3.63, 3.8) is 0 Å². The summed E-state index contributed by atoms with van der Waals surface area (Å²) in [5, 5.41) is 1.15. The third-order valence-electron chi connectivity index (χ3n) is 4.73. The SMILES string of the molecule is CCC(N)c1nc2c(s1)CC(C(C)(C)CC)CC2. The third kappa shape index (κ3) is 2.62. The molecule has 0 saturated heterocycles. The van der Waals surface area contributed by atoms with Crippen molar-refractivity contribution in [3.05, 3.63) is 15.6 Å². The summed E-state index contributed by atoms with van der Waals surface area (Å²) in [5.74, 6) is 0.807. The van der Waals surface area contributed by atoms with E-state index < -0.39 is 0 Å². The summed E-state index contributed by atoms with van der Waals surface area (Å²) in [5.41, 5.74) is 7.89. The zero-order valence-corrected chi connectivity index (χ0v) is 12.9. The van der Waals surface area contributed by atoms with Crippen LogP contribution in [0.4, 0.5) is 0 Å². The van der Waals surface area contributed by atoms with Crippen LogP contribution in [0.25, 0.3) is 0 Å². The lowest BCUT2D eigenvalue weighted by molar-refractivity contribution is 0.183. The molecule has 1 aromatic rings. The molecule has 2 nitrogen and oxygen atoms in total. The lowest BCUT2D eigenvalue weighted by Crippen LogP contribution is -2.28. The van der Waals surface area contributed by atoms with Crippen LogP contribution in [-0.2, 0) is 12.8 Å². The maximum Gasteiger partial charge on any atom is 0.110 e. The first-order valence-corrected chi connectivity index (χ1v) is 8.03. The number of fused-ring (bicyclic) bond motifs is 1. The monoisotopic (exact) mass is 266 g/mol. The summed E-state index contributed by atoms with van der Waals surface area (Å²) in [6.07, 6.45) is 5.89. The van der Waals surface area contributed by atoms with E-state index in [9.17, 15) is 0 Å². The molecule has 0 bridgehead atoms. The minimum Gasteiger partial charge on any atom is -0.322 e. The maximum atomic E-state index is 6.10. The number of rotatable bonds is 4. The number of hydrogen-bond acceptors (Lipinski definition) is 3. The van der Waals surface area contributed by atoms with Gasteiger partial charge in [-0.2, -0.15) is 0 Å². The number of nitrogens with zero attached hydrogens (tertiary/aromatic N) is 1. The second-order valence-electron chi connectivity index (χ2n) is 6.22. The van der Waals surface area contributed by atoms with Gasteiger partial charge in [0.2, 0.25) is 0 Å². The second-order valence-corrected chi connectivity index (χ2v) is 7.33. The standard InChI is InChI=1S/C15H26N2S/c1-5-11(16)14-17-12-8-7-10(9-13(12)18-14)15(3,4)6-2/h10-11H,5-9,16H2,1-4H3. The fraction of sp³-hybridized carbons (Fsp3) is 0.800. The Morgan fingerprint density at radius 3 is 2.78 bits per heavy atom. The highest BCUT2D eigenvalue weighted by Crippen LogP contribution is 2.41. The van der Waals surface area contributed by atoms with Gasteiger partial charge in [-0.1, -0.05) is 34.1 Å². The van der Waals surface area contributed by atoms with Gasteiger partial charge >= 0.3 is 0 Å². The molecule has 0 aliphatic heterocycles. The van der Waals surface area contributed by atoms with Crippen LogP contribution in [0.1, 0.15) is 68.6 Å². The molecule has 102 valence electrons. The molecular weight excluding hydrogens is 240 g/mol. The van der Waals surface area contributed by atoms with Gasteiger partial charge in [-0.3, -0.25) is 0 Å². The molecule has 0 amide bonds. The predicted octanol–water partition coefficient (Wildman–Crippen LogP) is 4.09. The molecule has 3 heteroatoms. The Bertz CT molecular complexity index is 409. The van der Waals surface area contributed by atoms with Crippen LogP contribution in [-0.4, -0.2) is 4.98 Å². The minimum atomic E-state index is 0.137. The van der Waals surface area contributed by atoms with E-state index in [2.05, 4.69) is 27.7 Å². The van der Waals surface area contributed by atoms with Crippen molar-refractivity contribution in [1.82, 2.24) is 4.98 Å². The average Bonchev–Trinajstić information content (AvgIpc) is 2.80. The summed E-state index contributed by atoms with van der Waals surface area (Å²) < 4.78 is 0. The Hall–Kier alpha value is -0.410. The van der Waals surface area contributed by atoms with Gasteiger partial charge < -0.3 is 5.73 Å². The molecule has 2 atom stereocenters. The van der Waals surface area contributed by atoms with Gasteiger partial charge in [-0.05, 0) is 37.0 Å². The smallest absolute Gasteiger partial charge is 0.110 e. The van der Waals surface area contributed by atoms with Crippen LogP contribution in [0.5, 0.6) is 0 Å². The van der Waals surface area contributed by atoms with Gasteiger partial charge in [0.1, 0.15) is 5.01 Å². The number of aromatic nitrogens is 1. The third-order valence-corrected chi connectivity index (χ3v) is 5.98. The largest absolute Gasteiger partial charge is 0.322 e. The minimum absolute atomic E-state index is 0.137. The van der Waals surface area contributed by atoms with E-state index in [0.29, 0.717) is 5.41 Å². The van der Waals surface area contributed by atoms with E-state index >= 15 is 0 Å². The normalized spacial score (nSPS) is 21.7. The molecule has 0 radical (unpaired) electrons. The van der Waals surface area contributed by atoms with E-state index in [4.69, 9.17) is 10.7 Å². The molecule has 0 saturated carbocycles. The highest BCUT2D eigenvalue weighted by molar-refractivity contribution is 7.11. The van der Waals surface area contributed by atoms with E-state index in [-0.39, 0.29) is 6.04 Å². The molecule has 2 unspecified atom stereocenters. The maximum absolute atomic E-state index is 6.10. The molecule has 2 rings (SSSR count). The van der Waals surface area contributed by atoms with Crippen molar-refractivity contribution >= 4 is 11.3 Å². The fourth-order valence-electron chi connectivity index (χ4n) is 2.68. The molecular formula is C15H26N2S.